The number of nitrogens with two attached hydrogens (primary N) is 1. The largest absolute Gasteiger partial charge is 0.493 e. The molecule has 0 bridgehead atoms. The van der Waals surface area contributed by atoms with Gasteiger partial charge in [0, 0.05) is 22.6 Å². The number of hydrogen-bond acceptors (Lipinski definition) is 10. The first-order valence-corrected chi connectivity index (χ1v) is 45.0. The van der Waals surface area contributed by atoms with Gasteiger partial charge in [0.05, 0.1) is 23.7 Å². The lowest BCUT2D eigenvalue weighted by molar-refractivity contribution is 0.377. The molecule has 0 aromatic heterocycles. The number of benzene rings is 14. The van der Waals surface area contributed by atoms with Gasteiger partial charge in [-0.05, 0) is 268 Å². The number of halogens is 3. The topological polar surface area (TPSA) is 149 Å². The molecule has 0 heterocycles. The zero-order valence-corrected chi connectivity index (χ0v) is 82.2. The molecule has 15 heteroatoms. The van der Waals surface area contributed by atoms with Gasteiger partial charge in [0.25, 0.3) is 0 Å². The van der Waals surface area contributed by atoms with Crippen molar-refractivity contribution in [2.75, 3.05) is 7.11 Å². The molecule has 0 saturated heterocycles. The second kappa shape index (κ2) is 48.5. The molecule has 0 saturated carbocycles. The highest BCUT2D eigenvalue weighted by Crippen LogP contribution is 2.41. The first-order valence-electron chi connectivity index (χ1n) is 44.2. The monoisotopic (exact) mass is 1830 g/mol. The quantitative estimate of drug-likeness (QED) is 0.0383. The van der Waals surface area contributed by atoms with Gasteiger partial charge < -0.3 is 43.6 Å². The summed E-state index contributed by atoms with van der Waals surface area (Å²) >= 11 is 3.53. The lowest BCUT2D eigenvalue weighted by Crippen LogP contribution is -2.12. The second-order valence-corrected chi connectivity index (χ2v) is 39.4. The van der Waals surface area contributed by atoms with Crippen molar-refractivity contribution in [1.82, 2.24) is 0 Å². The van der Waals surface area contributed by atoms with Gasteiger partial charge >= 0.3 is 0 Å². The maximum atomic E-state index is 13.7. The van der Waals surface area contributed by atoms with Gasteiger partial charge in [-0.1, -0.05) is 326 Å². The molecule has 0 amide bonds. The highest BCUT2D eigenvalue weighted by Gasteiger charge is 2.24. The van der Waals surface area contributed by atoms with E-state index in [9.17, 15) is 8.78 Å². The Balaban J connectivity index is 0.000000190. The lowest BCUT2D eigenvalue weighted by Gasteiger charge is -2.21. The zero-order chi connectivity index (χ0) is 96.5. The van der Waals surface area contributed by atoms with E-state index in [4.69, 9.17) is 55.6 Å². The van der Waals surface area contributed by atoms with E-state index < -0.39 is 5.82 Å². The van der Waals surface area contributed by atoms with Crippen molar-refractivity contribution in [2.24, 2.45) is 10.8 Å². The number of ether oxygens (including phenoxy) is 8. The summed E-state index contributed by atoms with van der Waals surface area (Å²) in [5.74, 6) is 12.9. The Kier molecular flexibility index (Phi) is 38.2. The number of methoxy groups -OCH3 is 1. The first-order chi connectivity index (χ1) is 62.4. The average molecular weight is 1840 g/mol. The highest BCUT2D eigenvalue weighted by molar-refractivity contribution is 9.10. The van der Waals surface area contributed by atoms with Crippen LogP contribution in [-0.4, -0.2) is 7.11 Å². The summed E-state index contributed by atoms with van der Waals surface area (Å²) < 4.78 is 73.7. The SMILES string of the molecule is C#Cc1ccc(C(C)(C)C)cc1Oc1ccccc1.CC(C)(C)c1ccc(Br)c(Oc2ccccc2)c1.CC(C)(C)c1ccc(CN)c(Oc2ccccc2)c1.CC(C)(C)c1ccc(CN=[N+]=[N-])c(Oc2ccccc2)c1.CC(C)(C)c1ccc(F)c(Oc2ccc(F)cc2)c1.CC(C)(C)c1ccc(Oc2ccccc2)cc1.COc1ccc(C(C)(C)C)cc1Oc1ccccc1. The summed E-state index contributed by atoms with van der Waals surface area (Å²) in [4.78, 5) is 2.82. The molecular weight excluding hydrogens is 1710 g/mol. The van der Waals surface area contributed by atoms with Crippen LogP contribution < -0.4 is 43.6 Å². The second-order valence-electron chi connectivity index (χ2n) is 38.6. The maximum Gasteiger partial charge on any atom is 0.169 e. The molecule has 0 aliphatic rings. The van der Waals surface area contributed by atoms with Crippen molar-refractivity contribution in [3.05, 3.63) is 422 Å². The molecule has 12 nitrogen and oxygen atoms in total. The van der Waals surface area contributed by atoms with Gasteiger partial charge in [-0.25, -0.2) is 8.78 Å². The molecule has 14 aromatic rings. The Hall–Kier alpha value is -13.4. The van der Waals surface area contributed by atoms with E-state index in [1.165, 1.54) is 63.7 Å². The van der Waals surface area contributed by atoms with E-state index in [-0.39, 0.29) is 56.0 Å². The predicted molar refractivity (Wildman–Crippen MR) is 544 cm³/mol. The summed E-state index contributed by atoms with van der Waals surface area (Å²) in [6.07, 6.45) is 5.53. The molecule has 14 rings (SSSR count). The fourth-order valence-electron chi connectivity index (χ4n) is 12.5. The molecule has 0 atom stereocenters. The molecule has 0 aliphatic heterocycles. The Morgan fingerprint density at radius 1 is 0.303 bits per heavy atom. The normalized spacial score (nSPS) is 11.2. The van der Waals surface area contributed by atoms with E-state index in [0.717, 1.165) is 101 Å². The van der Waals surface area contributed by atoms with Crippen molar-refractivity contribution in [1.29, 1.82) is 0 Å². The van der Waals surface area contributed by atoms with Crippen LogP contribution in [0.25, 0.3) is 10.4 Å². The van der Waals surface area contributed by atoms with Crippen LogP contribution in [0, 0.1) is 24.0 Å². The van der Waals surface area contributed by atoms with Gasteiger partial charge in [-0.15, -0.1) is 6.42 Å². The van der Waals surface area contributed by atoms with Crippen molar-refractivity contribution >= 4 is 15.9 Å². The van der Waals surface area contributed by atoms with Gasteiger partial charge in [-0.3, -0.25) is 0 Å². The standard InChI is InChI=1S/C18H18O.C17H19N3O.C17H21NO.C17H20O2.C16H17BrO.C16H16F2O.C16H18O/c1-5-14-11-12-15(18(2,3)4)13-17(14)19-16-9-7-6-8-10-16;1-17(2,3)14-10-9-13(12-19-20-18)16(11-14)21-15-7-5-4-6-8-15;1-17(2,3)14-10-9-13(12-18)16(11-14)19-15-7-5-4-6-8-15;1-17(2,3)13-10-11-15(18-4)16(12-13)19-14-8-6-5-7-9-14;1-16(2,3)12-9-10-14(17)15(11-12)18-13-7-5-4-6-8-13;1-16(2,3)11-4-9-14(18)15(10-11)19-13-7-5-12(17)6-8-13;1-16(2,3)13-9-11-15(12-10-13)17-14-7-5-4-6-8-14/h1,6-13H,2-4H3;4-11H,12H2,1-3H3;4-11H,12,18H2,1-3H3;5-12H,1-4H3;4-11H,1-3H3;4-10H,1-3H3;4-12H,1-3H3. The van der Waals surface area contributed by atoms with Gasteiger partial charge in [-0.2, -0.15) is 0 Å². The summed E-state index contributed by atoms with van der Waals surface area (Å²) in [5.41, 5.74) is 25.9. The lowest BCUT2D eigenvalue weighted by atomic mass is 9.86. The van der Waals surface area contributed by atoms with E-state index in [1.54, 1.807) is 19.2 Å². The fraction of sp³-hybridized carbons (Fsp3) is 0.265. The molecule has 0 aliphatic carbocycles. The minimum Gasteiger partial charge on any atom is -0.493 e. The maximum absolute atomic E-state index is 13.7. The fourth-order valence-corrected chi connectivity index (χ4v) is 12.8. The van der Waals surface area contributed by atoms with E-state index >= 15 is 0 Å². The van der Waals surface area contributed by atoms with Crippen LogP contribution >= 0.6 is 15.9 Å². The van der Waals surface area contributed by atoms with E-state index in [0.29, 0.717) is 12.3 Å². The predicted octanol–water partition coefficient (Wildman–Crippen LogP) is 34.7. The van der Waals surface area contributed by atoms with E-state index in [2.05, 4.69) is 217 Å². The first kappa shape index (κ1) is 104. The Morgan fingerprint density at radius 3 is 0.955 bits per heavy atom. The molecule has 14 aromatic carbocycles. The van der Waals surface area contributed by atoms with Crippen LogP contribution in [-0.2, 0) is 51.0 Å². The highest BCUT2D eigenvalue weighted by atomic mass is 79.9. The summed E-state index contributed by atoms with van der Waals surface area (Å²) in [7, 11) is 1.66. The van der Waals surface area contributed by atoms with E-state index in [1.807, 2.05) is 257 Å². The Labute approximate surface area is 792 Å². The number of nitrogens with zero attached hydrogens (tertiary/aromatic N) is 3. The van der Waals surface area contributed by atoms with Gasteiger partial charge in [0.15, 0.2) is 23.1 Å². The van der Waals surface area contributed by atoms with Crippen molar-refractivity contribution in [3.63, 3.8) is 0 Å². The number of azide groups is 1. The van der Waals surface area contributed by atoms with Crippen LogP contribution in [0.3, 0.4) is 0 Å². The molecule has 2 N–H and O–H groups in total. The van der Waals surface area contributed by atoms with Crippen molar-refractivity contribution < 1.29 is 46.7 Å². The number of hydrogen-bond donors (Lipinski definition) is 1. The number of terminal acetylenes is 1. The molecule has 0 radical (unpaired) electrons. The number of rotatable bonds is 18. The molecule has 0 unspecified atom stereocenters. The third-order valence-electron chi connectivity index (χ3n) is 20.6. The molecule has 0 spiro atoms. The van der Waals surface area contributed by atoms with Crippen LogP contribution in [0.4, 0.5) is 8.78 Å². The van der Waals surface area contributed by atoms with Crippen molar-refractivity contribution in [3.8, 4) is 98.6 Å². The molecular formula is C117H129BrF2N4O8. The van der Waals surface area contributed by atoms with Gasteiger partial charge in [0.1, 0.15) is 74.8 Å². The van der Waals surface area contributed by atoms with Gasteiger partial charge in [0.2, 0.25) is 0 Å². The summed E-state index contributed by atoms with van der Waals surface area (Å²) in [5, 5.41) is 3.64. The van der Waals surface area contributed by atoms with Crippen LogP contribution in [0.1, 0.15) is 201 Å². The van der Waals surface area contributed by atoms with Crippen LogP contribution in [0.5, 0.6) is 86.2 Å². The zero-order valence-electron chi connectivity index (χ0n) is 80.6. The summed E-state index contributed by atoms with van der Waals surface area (Å²) in [6, 6.07) is 108. The molecule has 132 heavy (non-hydrogen) atoms. The third-order valence-corrected chi connectivity index (χ3v) is 21.3. The molecule has 686 valence electrons. The number of para-hydroxylation sites is 6. The minimum atomic E-state index is -0.433. The minimum absolute atomic E-state index is 0.0336. The van der Waals surface area contributed by atoms with Crippen molar-refractivity contribution in [2.45, 2.75) is 196 Å². The average Bonchev–Trinajstić information content (AvgIpc) is 0.879. The summed E-state index contributed by atoms with van der Waals surface area (Å²) in [6.45, 7) is 46.2. The molecule has 0 fully saturated rings. The Morgan fingerprint density at radius 2 is 0.576 bits per heavy atom. The Bertz CT molecular complexity index is 5880. The van der Waals surface area contributed by atoms with Crippen LogP contribution in [0.15, 0.2) is 349 Å². The smallest absolute Gasteiger partial charge is 0.169 e. The third kappa shape index (κ3) is 34.5. The van der Waals surface area contributed by atoms with Crippen LogP contribution in [0.2, 0.25) is 0 Å².